The normalized spacial score (nSPS) is 29.0. The first kappa shape index (κ1) is 22.1. The average molecular weight is 428 g/mol. The zero-order valence-corrected chi connectivity index (χ0v) is 16.9. The van der Waals surface area contributed by atoms with Crippen molar-refractivity contribution in [2.24, 2.45) is 0 Å². The van der Waals surface area contributed by atoms with Gasteiger partial charge in [-0.2, -0.15) is 16.8 Å². The first-order valence-electron chi connectivity index (χ1n) is 8.50. The van der Waals surface area contributed by atoms with Crippen LogP contribution in [0, 0.1) is 0 Å². The summed E-state index contributed by atoms with van der Waals surface area (Å²) in [6.45, 7) is 2.52. The van der Waals surface area contributed by atoms with Crippen molar-refractivity contribution in [2.45, 2.75) is 57.2 Å². The van der Waals surface area contributed by atoms with Crippen LogP contribution in [0.2, 0.25) is 0 Å². The molecule has 27 heavy (non-hydrogen) atoms. The number of cyclic esters (lactones) is 2. The summed E-state index contributed by atoms with van der Waals surface area (Å²) in [5.41, 5.74) is -1.99. The number of ether oxygens (including phenoxy) is 2. The van der Waals surface area contributed by atoms with Crippen LogP contribution in [0.15, 0.2) is 0 Å². The van der Waals surface area contributed by atoms with Gasteiger partial charge in [0.25, 0.3) is 20.2 Å². The van der Waals surface area contributed by atoms with Gasteiger partial charge in [0.2, 0.25) is 0 Å². The lowest BCUT2D eigenvalue weighted by Gasteiger charge is -2.22. The Balaban J connectivity index is 1.73. The molecule has 0 bridgehead atoms. The van der Waals surface area contributed by atoms with Gasteiger partial charge in [-0.3, -0.25) is 18.0 Å². The van der Waals surface area contributed by atoms with Crippen LogP contribution in [-0.4, -0.2) is 64.7 Å². The predicted molar refractivity (Wildman–Crippen MR) is 91.6 cm³/mol. The van der Waals surface area contributed by atoms with Gasteiger partial charge in [-0.25, -0.2) is 0 Å². The molecule has 156 valence electrons. The van der Waals surface area contributed by atoms with Crippen molar-refractivity contribution in [1.29, 1.82) is 0 Å². The zero-order chi connectivity index (χ0) is 20.3. The Morgan fingerprint density at radius 3 is 1.48 bits per heavy atom. The standard InChI is InChI=1S/C15H24O10S2/c1-14(6-4-12(16)24-14)10-22-26(18,19)8-3-9-27(20,21)23-11-15(2)7-5-13(17)25-15/h3-11H2,1-2H3. The maximum absolute atomic E-state index is 11.9. The van der Waals surface area contributed by atoms with Gasteiger partial charge in [0.15, 0.2) is 0 Å². The maximum Gasteiger partial charge on any atom is 0.306 e. The highest BCUT2D eigenvalue weighted by Gasteiger charge is 2.38. The minimum atomic E-state index is -3.98. The molecule has 2 rings (SSSR count). The van der Waals surface area contributed by atoms with Crippen LogP contribution in [0.5, 0.6) is 0 Å². The molecule has 0 radical (unpaired) electrons. The van der Waals surface area contributed by atoms with Crippen molar-refractivity contribution in [1.82, 2.24) is 0 Å². The third kappa shape index (κ3) is 7.01. The number of hydrogen-bond donors (Lipinski definition) is 0. The Morgan fingerprint density at radius 2 is 1.19 bits per heavy atom. The van der Waals surface area contributed by atoms with Gasteiger partial charge < -0.3 is 9.47 Å². The van der Waals surface area contributed by atoms with E-state index in [0.29, 0.717) is 12.8 Å². The maximum atomic E-state index is 11.9. The van der Waals surface area contributed by atoms with E-state index < -0.39 is 54.9 Å². The Kier molecular flexibility index (Phi) is 6.55. The lowest BCUT2D eigenvalue weighted by molar-refractivity contribution is -0.150. The molecule has 0 aliphatic carbocycles. The smallest absolute Gasteiger partial charge is 0.306 e. The molecule has 0 aromatic carbocycles. The molecule has 2 atom stereocenters. The first-order chi connectivity index (χ1) is 12.3. The van der Waals surface area contributed by atoms with Crippen LogP contribution in [0.25, 0.3) is 0 Å². The van der Waals surface area contributed by atoms with Gasteiger partial charge >= 0.3 is 11.9 Å². The van der Waals surface area contributed by atoms with Crippen LogP contribution in [0.4, 0.5) is 0 Å². The number of hydrogen-bond acceptors (Lipinski definition) is 10. The molecule has 2 aliphatic heterocycles. The molecule has 0 aromatic heterocycles. The highest BCUT2D eigenvalue weighted by Crippen LogP contribution is 2.28. The van der Waals surface area contributed by atoms with Gasteiger partial charge in [0.05, 0.1) is 11.5 Å². The van der Waals surface area contributed by atoms with Crippen LogP contribution >= 0.6 is 0 Å². The summed E-state index contributed by atoms with van der Waals surface area (Å²) in [4.78, 5) is 22.3. The second kappa shape index (κ2) is 8.02. The van der Waals surface area contributed by atoms with Gasteiger partial charge in [0.1, 0.15) is 24.4 Å². The quantitative estimate of drug-likeness (QED) is 0.351. The van der Waals surface area contributed by atoms with Gasteiger partial charge in [-0.1, -0.05) is 0 Å². The molecular formula is C15H24O10S2. The van der Waals surface area contributed by atoms with E-state index in [0.717, 1.165) is 0 Å². The second-order valence-corrected chi connectivity index (χ2v) is 10.8. The number of carbonyl (C=O) groups is 2. The largest absolute Gasteiger partial charge is 0.457 e. The number of rotatable bonds is 10. The molecule has 0 N–H and O–H groups in total. The van der Waals surface area contributed by atoms with Crippen molar-refractivity contribution < 1.29 is 44.3 Å². The van der Waals surface area contributed by atoms with Gasteiger partial charge in [0, 0.05) is 12.8 Å². The fourth-order valence-electron chi connectivity index (χ4n) is 2.65. The molecule has 0 amide bonds. The molecule has 2 fully saturated rings. The van der Waals surface area contributed by atoms with Crippen LogP contribution in [0.3, 0.4) is 0 Å². The summed E-state index contributed by atoms with van der Waals surface area (Å²) in [5.74, 6) is -1.87. The molecule has 0 aromatic rings. The highest BCUT2D eigenvalue weighted by atomic mass is 32.2. The van der Waals surface area contributed by atoms with E-state index in [1.165, 1.54) is 0 Å². The van der Waals surface area contributed by atoms with Crippen molar-refractivity contribution in [2.75, 3.05) is 24.7 Å². The summed E-state index contributed by atoms with van der Waals surface area (Å²) in [6.07, 6.45) is 0.880. The molecule has 10 nitrogen and oxygen atoms in total. The zero-order valence-electron chi connectivity index (χ0n) is 15.3. The Hall–Kier alpha value is -1.24. The van der Waals surface area contributed by atoms with E-state index in [9.17, 15) is 26.4 Å². The summed E-state index contributed by atoms with van der Waals surface area (Å²) >= 11 is 0. The Labute approximate surface area is 158 Å². The Morgan fingerprint density at radius 1 is 0.815 bits per heavy atom. The average Bonchev–Trinajstić information content (AvgIpc) is 3.07. The lowest BCUT2D eigenvalue weighted by Crippen LogP contribution is -2.33. The highest BCUT2D eigenvalue weighted by molar-refractivity contribution is 7.87. The third-order valence-corrected chi connectivity index (χ3v) is 6.84. The minimum Gasteiger partial charge on any atom is -0.457 e. The molecule has 2 heterocycles. The molecule has 2 unspecified atom stereocenters. The second-order valence-electron chi connectivity index (χ2n) is 7.25. The fraction of sp³-hybridized carbons (Fsp3) is 0.867. The van der Waals surface area contributed by atoms with E-state index >= 15 is 0 Å². The Bertz CT molecular complexity index is 721. The van der Waals surface area contributed by atoms with Crippen molar-refractivity contribution in [3.8, 4) is 0 Å². The minimum absolute atomic E-state index is 0.198. The van der Waals surface area contributed by atoms with E-state index in [1.54, 1.807) is 13.8 Å². The molecule has 0 spiro atoms. The van der Waals surface area contributed by atoms with E-state index in [1.807, 2.05) is 0 Å². The monoisotopic (exact) mass is 428 g/mol. The summed E-state index contributed by atoms with van der Waals surface area (Å²) in [7, 11) is -7.96. The van der Waals surface area contributed by atoms with Crippen LogP contribution < -0.4 is 0 Å². The summed E-state index contributed by atoms with van der Waals surface area (Å²) in [6, 6.07) is 0. The number of esters is 2. The van der Waals surface area contributed by atoms with E-state index in [4.69, 9.17) is 17.8 Å². The van der Waals surface area contributed by atoms with Crippen LogP contribution in [0.1, 0.15) is 46.0 Å². The fourth-order valence-corrected chi connectivity index (χ4v) is 4.92. The van der Waals surface area contributed by atoms with E-state index in [2.05, 4.69) is 0 Å². The predicted octanol–water partition coefficient (Wildman–Crippen LogP) is 0.261. The van der Waals surface area contributed by atoms with E-state index in [-0.39, 0.29) is 32.5 Å². The van der Waals surface area contributed by atoms with Gasteiger partial charge in [-0.05, 0) is 33.1 Å². The molecule has 0 saturated carbocycles. The first-order valence-corrected chi connectivity index (χ1v) is 11.7. The van der Waals surface area contributed by atoms with Crippen molar-refractivity contribution >= 4 is 32.2 Å². The van der Waals surface area contributed by atoms with Crippen molar-refractivity contribution in [3.05, 3.63) is 0 Å². The SMILES string of the molecule is CC1(COS(=O)(=O)CCCS(=O)(=O)OCC2(C)CCC(=O)O2)CCC(=O)O1. The third-order valence-electron chi connectivity index (χ3n) is 4.31. The summed E-state index contributed by atoms with van der Waals surface area (Å²) < 4.78 is 67.3. The van der Waals surface area contributed by atoms with Gasteiger partial charge in [-0.15, -0.1) is 0 Å². The molecule has 12 heteroatoms. The van der Waals surface area contributed by atoms with Crippen LogP contribution in [-0.2, 0) is 47.7 Å². The number of carbonyl (C=O) groups excluding carboxylic acids is 2. The summed E-state index contributed by atoms with van der Waals surface area (Å²) in [5, 5.41) is 0. The topological polar surface area (TPSA) is 139 Å². The molecule has 2 saturated heterocycles. The lowest BCUT2D eigenvalue weighted by atomic mass is 10.1. The molecular weight excluding hydrogens is 404 g/mol. The molecule has 2 aliphatic rings. The van der Waals surface area contributed by atoms with Crippen molar-refractivity contribution in [3.63, 3.8) is 0 Å².